The molecule has 0 atom stereocenters. The number of benzene rings is 5. The third-order valence-electron chi connectivity index (χ3n) is 7.45. The normalized spacial score (nSPS) is 14.2. The molecule has 6 rings (SSSR count). The van der Waals surface area contributed by atoms with Crippen LogP contribution in [-0.2, 0) is 0 Å². The van der Waals surface area contributed by atoms with Crippen LogP contribution in [0.3, 0.4) is 0 Å². The molecule has 0 amide bonds. The molecule has 35 heavy (non-hydrogen) atoms. The van der Waals surface area contributed by atoms with Crippen molar-refractivity contribution in [3.63, 3.8) is 0 Å². The van der Waals surface area contributed by atoms with E-state index in [0.29, 0.717) is 5.92 Å². The molecule has 1 heteroatoms. The van der Waals surface area contributed by atoms with Crippen LogP contribution in [0.4, 0.5) is 17.1 Å². The number of hydrogen-bond acceptors (Lipinski definition) is 1. The molecular weight excluding hydrogens is 422 g/mol. The average Bonchev–Trinajstić information content (AvgIpc) is 2.94. The predicted molar refractivity (Wildman–Crippen MR) is 150 cm³/mol. The molecule has 1 saturated carbocycles. The maximum absolute atomic E-state index is 2.39. The van der Waals surface area contributed by atoms with Gasteiger partial charge in [-0.15, -0.1) is 0 Å². The molecule has 1 aliphatic rings. The van der Waals surface area contributed by atoms with Crippen LogP contribution >= 0.6 is 0 Å². The van der Waals surface area contributed by atoms with E-state index < -0.39 is 0 Å². The van der Waals surface area contributed by atoms with E-state index in [1.807, 2.05) is 0 Å². The predicted octanol–water partition coefficient (Wildman–Crippen LogP) is 10.0. The van der Waals surface area contributed by atoms with Crippen molar-refractivity contribution in [1.82, 2.24) is 0 Å². The molecule has 5 aromatic carbocycles. The first-order valence-corrected chi connectivity index (χ1v) is 12.9. The molecule has 0 spiro atoms. The van der Waals surface area contributed by atoms with Gasteiger partial charge in [0, 0.05) is 16.9 Å². The molecule has 5 aromatic rings. The number of para-hydroxylation sites is 3. The Morgan fingerprint density at radius 3 is 1.74 bits per heavy atom. The zero-order valence-corrected chi connectivity index (χ0v) is 20.1. The first-order valence-electron chi connectivity index (χ1n) is 12.9. The van der Waals surface area contributed by atoms with E-state index >= 15 is 0 Å². The van der Waals surface area contributed by atoms with Crippen LogP contribution in [0.5, 0.6) is 0 Å². The van der Waals surface area contributed by atoms with E-state index in [1.54, 1.807) is 0 Å². The fourth-order valence-corrected chi connectivity index (χ4v) is 5.83. The summed E-state index contributed by atoms with van der Waals surface area (Å²) in [6, 6.07) is 44.0. The van der Waals surface area contributed by atoms with Crippen molar-refractivity contribution in [2.75, 3.05) is 4.90 Å². The van der Waals surface area contributed by atoms with Gasteiger partial charge >= 0.3 is 0 Å². The Labute approximate surface area is 208 Å². The molecule has 0 radical (unpaired) electrons. The zero-order valence-electron chi connectivity index (χ0n) is 20.1. The number of hydrogen-bond donors (Lipinski definition) is 0. The molecule has 0 aliphatic heterocycles. The van der Waals surface area contributed by atoms with Crippen LogP contribution in [0.2, 0.25) is 0 Å². The Morgan fingerprint density at radius 1 is 0.486 bits per heavy atom. The highest BCUT2D eigenvalue weighted by molar-refractivity contribution is 6.03. The molecule has 0 aromatic heterocycles. The summed E-state index contributed by atoms with van der Waals surface area (Å²) in [5.41, 5.74) is 7.66. The summed E-state index contributed by atoms with van der Waals surface area (Å²) in [5, 5.41) is 2.77. The fraction of sp³-hybridized carbons (Fsp3) is 0.176. The summed E-state index contributed by atoms with van der Waals surface area (Å²) in [4.78, 5) is 2.39. The molecule has 172 valence electrons. The number of anilines is 3. The van der Waals surface area contributed by atoms with Gasteiger partial charge < -0.3 is 4.90 Å². The van der Waals surface area contributed by atoms with E-state index in [1.165, 1.54) is 76.6 Å². The molecule has 0 N–H and O–H groups in total. The van der Waals surface area contributed by atoms with E-state index in [4.69, 9.17) is 0 Å². The van der Waals surface area contributed by atoms with Crippen molar-refractivity contribution in [3.05, 3.63) is 127 Å². The summed E-state index contributed by atoms with van der Waals surface area (Å²) >= 11 is 0. The highest BCUT2D eigenvalue weighted by Crippen LogP contribution is 2.45. The summed E-state index contributed by atoms with van der Waals surface area (Å²) in [6.07, 6.45) is 6.66. The van der Waals surface area contributed by atoms with Gasteiger partial charge in [-0.1, -0.05) is 110 Å². The Hall–Kier alpha value is -3.84. The van der Waals surface area contributed by atoms with Crippen LogP contribution in [0.15, 0.2) is 121 Å². The Kier molecular flexibility index (Phi) is 6.07. The molecule has 0 heterocycles. The fourth-order valence-electron chi connectivity index (χ4n) is 5.83. The lowest BCUT2D eigenvalue weighted by Crippen LogP contribution is -2.11. The first kappa shape index (κ1) is 21.7. The summed E-state index contributed by atoms with van der Waals surface area (Å²) < 4.78 is 0. The van der Waals surface area contributed by atoms with Gasteiger partial charge in [0.05, 0.1) is 5.69 Å². The highest BCUT2D eigenvalue weighted by atomic mass is 15.1. The van der Waals surface area contributed by atoms with Crippen LogP contribution in [-0.4, -0.2) is 0 Å². The number of fused-ring (bicyclic) bond motifs is 1. The maximum Gasteiger partial charge on any atom is 0.0540 e. The summed E-state index contributed by atoms with van der Waals surface area (Å²) in [7, 11) is 0. The third kappa shape index (κ3) is 4.23. The molecule has 0 saturated heterocycles. The van der Waals surface area contributed by atoms with Gasteiger partial charge in [0.1, 0.15) is 0 Å². The van der Waals surface area contributed by atoms with Crippen molar-refractivity contribution < 1.29 is 0 Å². The minimum absolute atomic E-state index is 0.653. The smallest absolute Gasteiger partial charge is 0.0540 e. The SMILES string of the molecule is c1ccc(N(c2ccccc2)c2ccccc2-c2cccc3cccc(C4CCCCC4)c23)cc1. The Bertz CT molecular complexity index is 1370. The van der Waals surface area contributed by atoms with Crippen LogP contribution < -0.4 is 4.90 Å². The van der Waals surface area contributed by atoms with E-state index in [0.717, 1.165) is 0 Å². The van der Waals surface area contributed by atoms with Crippen molar-refractivity contribution in [3.8, 4) is 11.1 Å². The quantitative estimate of drug-likeness (QED) is 0.256. The van der Waals surface area contributed by atoms with Gasteiger partial charge in [-0.25, -0.2) is 0 Å². The van der Waals surface area contributed by atoms with Crippen molar-refractivity contribution in [2.24, 2.45) is 0 Å². The lowest BCUT2D eigenvalue weighted by Gasteiger charge is -2.29. The van der Waals surface area contributed by atoms with Gasteiger partial charge in [0.25, 0.3) is 0 Å². The van der Waals surface area contributed by atoms with Crippen molar-refractivity contribution in [1.29, 1.82) is 0 Å². The largest absolute Gasteiger partial charge is 0.310 e. The van der Waals surface area contributed by atoms with E-state index in [9.17, 15) is 0 Å². The van der Waals surface area contributed by atoms with Crippen LogP contribution in [0, 0.1) is 0 Å². The summed E-state index contributed by atoms with van der Waals surface area (Å²) in [5.74, 6) is 0.653. The van der Waals surface area contributed by atoms with E-state index in [2.05, 4.69) is 126 Å². The lowest BCUT2D eigenvalue weighted by atomic mass is 9.80. The van der Waals surface area contributed by atoms with Gasteiger partial charge in [-0.2, -0.15) is 0 Å². The molecule has 1 nitrogen and oxygen atoms in total. The first-order chi connectivity index (χ1) is 17.4. The van der Waals surface area contributed by atoms with Crippen LogP contribution in [0.25, 0.3) is 21.9 Å². The number of nitrogens with zero attached hydrogens (tertiary/aromatic N) is 1. The minimum Gasteiger partial charge on any atom is -0.310 e. The second-order valence-corrected chi connectivity index (χ2v) is 9.61. The average molecular weight is 454 g/mol. The minimum atomic E-state index is 0.653. The maximum atomic E-state index is 2.39. The molecular formula is C34H31N. The van der Waals surface area contributed by atoms with Gasteiger partial charge in [0.2, 0.25) is 0 Å². The number of rotatable bonds is 5. The molecule has 0 bridgehead atoms. The highest BCUT2D eigenvalue weighted by Gasteiger charge is 2.22. The van der Waals surface area contributed by atoms with Crippen molar-refractivity contribution >= 4 is 27.8 Å². The molecule has 1 fully saturated rings. The second kappa shape index (κ2) is 9.80. The zero-order chi connectivity index (χ0) is 23.5. The van der Waals surface area contributed by atoms with Gasteiger partial charge in [-0.3, -0.25) is 0 Å². The topological polar surface area (TPSA) is 3.24 Å². The standard InChI is InChI=1S/C34H31N/c1-4-14-26(15-5-1)30-23-12-16-27-17-13-24-32(34(27)30)31-22-10-11-25-33(31)35(28-18-6-2-7-19-28)29-20-8-3-9-21-29/h2-3,6-13,16-26H,1,4-5,14-15H2. The van der Waals surface area contributed by atoms with Gasteiger partial charge in [0.15, 0.2) is 0 Å². The molecule has 0 unspecified atom stereocenters. The monoisotopic (exact) mass is 453 g/mol. The third-order valence-corrected chi connectivity index (χ3v) is 7.45. The Balaban J connectivity index is 1.59. The van der Waals surface area contributed by atoms with Crippen molar-refractivity contribution in [2.45, 2.75) is 38.0 Å². The molecule has 1 aliphatic carbocycles. The van der Waals surface area contributed by atoms with E-state index in [-0.39, 0.29) is 0 Å². The second-order valence-electron chi connectivity index (χ2n) is 9.61. The van der Waals surface area contributed by atoms with Crippen LogP contribution in [0.1, 0.15) is 43.6 Å². The summed E-state index contributed by atoms with van der Waals surface area (Å²) in [6.45, 7) is 0. The van der Waals surface area contributed by atoms with Gasteiger partial charge in [-0.05, 0) is 71.0 Å². The lowest BCUT2D eigenvalue weighted by molar-refractivity contribution is 0.445. The Morgan fingerprint density at radius 2 is 1.06 bits per heavy atom.